The standard InChI is InChI=1S/C24H26N4O2/c1-4-30-19-10-8-17(9-11-19)26-24-27-20-6-5-7-21(29)22(20)23(28-24)25-18-13-15(2)12-16(3)14-18/h8-14H,4-7H2,1-3H3,(H2,25,26,27,28). The summed E-state index contributed by atoms with van der Waals surface area (Å²) >= 11 is 0. The molecule has 6 heteroatoms. The van der Waals surface area contributed by atoms with Crippen LogP contribution < -0.4 is 15.4 Å². The Morgan fingerprint density at radius 1 is 0.933 bits per heavy atom. The molecule has 3 aromatic rings. The molecule has 30 heavy (non-hydrogen) atoms. The highest BCUT2D eigenvalue weighted by molar-refractivity contribution is 6.03. The minimum atomic E-state index is 0.0933. The highest BCUT2D eigenvalue weighted by atomic mass is 16.5. The largest absolute Gasteiger partial charge is 0.494 e. The van der Waals surface area contributed by atoms with Crippen molar-refractivity contribution in [3.63, 3.8) is 0 Å². The van der Waals surface area contributed by atoms with Crippen molar-refractivity contribution in [2.24, 2.45) is 0 Å². The maximum absolute atomic E-state index is 12.6. The molecule has 1 aliphatic rings. The van der Waals surface area contributed by atoms with Gasteiger partial charge >= 0.3 is 0 Å². The highest BCUT2D eigenvalue weighted by Gasteiger charge is 2.25. The Bertz CT molecular complexity index is 1060. The van der Waals surface area contributed by atoms with Crippen LogP contribution in [0.25, 0.3) is 0 Å². The Morgan fingerprint density at radius 3 is 2.37 bits per heavy atom. The van der Waals surface area contributed by atoms with E-state index in [0.29, 0.717) is 30.4 Å². The second kappa shape index (κ2) is 8.53. The van der Waals surface area contributed by atoms with Gasteiger partial charge in [0.1, 0.15) is 11.6 Å². The van der Waals surface area contributed by atoms with Crippen molar-refractivity contribution in [1.82, 2.24) is 9.97 Å². The number of anilines is 4. The van der Waals surface area contributed by atoms with E-state index in [4.69, 9.17) is 4.74 Å². The second-order valence-corrected chi connectivity index (χ2v) is 7.58. The van der Waals surface area contributed by atoms with E-state index >= 15 is 0 Å². The van der Waals surface area contributed by atoms with Gasteiger partial charge in [0.05, 0.1) is 17.9 Å². The van der Waals surface area contributed by atoms with Crippen molar-refractivity contribution in [3.05, 3.63) is 64.8 Å². The van der Waals surface area contributed by atoms with E-state index in [-0.39, 0.29) is 5.78 Å². The number of aryl methyl sites for hydroxylation is 3. The Morgan fingerprint density at radius 2 is 1.67 bits per heavy atom. The molecular formula is C24H26N4O2. The summed E-state index contributed by atoms with van der Waals surface area (Å²) in [6.45, 7) is 6.69. The highest BCUT2D eigenvalue weighted by Crippen LogP contribution is 2.30. The summed E-state index contributed by atoms with van der Waals surface area (Å²) in [5.41, 5.74) is 5.48. The SMILES string of the molecule is CCOc1ccc(Nc2nc3c(c(Nc4cc(C)cc(C)c4)n2)C(=O)CCC3)cc1. The number of rotatable bonds is 6. The first kappa shape index (κ1) is 19.9. The van der Waals surface area contributed by atoms with Crippen LogP contribution in [-0.4, -0.2) is 22.4 Å². The van der Waals surface area contributed by atoms with Crippen molar-refractivity contribution in [1.29, 1.82) is 0 Å². The van der Waals surface area contributed by atoms with Gasteiger partial charge in [-0.2, -0.15) is 4.98 Å². The fraction of sp³-hybridized carbons (Fsp3) is 0.292. The molecule has 0 spiro atoms. The zero-order valence-electron chi connectivity index (χ0n) is 17.6. The molecule has 154 valence electrons. The lowest BCUT2D eigenvalue weighted by Crippen LogP contribution is -2.18. The number of nitrogens with zero attached hydrogens (tertiary/aromatic N) is 2. The molecule has 1 aliphatic carbocycles. The normalized spacial score (nSPS) is 13.0. The van der Waals surface area contributed by atoms with Crippen molar-refractivity contribution >= 4 is 28.9 Å². The smallest absolute Gasteiger partial charge is 0.229 e. The summed E-state index contributed by atoms with van der Waals surface area (Å²) in [6.07, 6.45) is 2.11. The average molecular weight is 402 g/mol. The lowest BCUT2D eigenvalue weighted by atomic mass is 9.95. The summed E-state index contributed by atoms with van der Waals surface area (Å²) in [7, 11) is 0. The van der Waals surface area contributed by atoms with Crippen LogP contribution in [0.2, 0.25) is 0 Å². The topological polar surface area (TPSA) is 76.1 Å². The molecule has 0 unspecified atom stereocenters. The number of hydrogen-bond acceptors (Lipinski definition) is 6. The van der Waals surface area contributed by atoms with Crippen molar-refractivity contribution in [2.75, 3.05) is 17.2 Å². The molecule has 0 atom stereocenters. The zero-order valence-corrected chi connectivity index (χ0v) is 17.6. The van der Waals surface area contributed by atoms with E-state index in [1.807, 2.05) is 43.3 Å². The monoisotopic (exact) mass is 402 g/mol. The number of Topliss-reactive ketones (excluding diaryl/α,β-unsaturated/α-hetero) is 1. The van der Waals surface area contributed by atoms with E-state index in [2.05, 4.69) is 40.5 Å². The van der Waals surface area contributed by atoms with E-state index in [9.17, 15) is 4.79 Å². The fourth-order valence-electron chi connectivity index (χ4n) is 3.78. The van der Waals surface area contributed by atoms with Crippen molar-refractivity contribution < 1.29 is 9.53 Å². The van der Waals surface area contributed by atoms with E-state index < -0.39 is 0 Å². The number of carbonyl (C=O) groups is 1. The predicted octanol–water partition coefficient (Wildman–Crippen LogP) is 5.50. The van der Waals surface area contributed by atoms with Crippen molar-refractivity contribution in [3.8, 4) is 5.75 Å². The van der Waals surface area contributed by atoms with Gasteiger partial charge in [-0.15, -0.1) is 0 Å². The summed E-state index contributed by atoms with van der Waals surface area (Å²) in [5, 5.41) is 6.62. The molecule has 6 nitrogen and oxygen atoms in total. The Balaban J connectivity index is 1.68. The molecule has 2 aromatic carbocycles. The molecule has 0 bridgehead atoms. The number of carbonyl (C=O) groups excluding carboxylic acids is 1. The first-order valence-corrected chi connectivity index (χ1v) is 10.3. The summed E-state index contributed by atoms with van der Waals surface area (Å²) in [6, 6.07) is 13.9. The van der Waals surface area contributed by atoms with E-state index in [1.54, 1.807) is 0 Å². The first-order valence-electron chi connectivity index (χ1n) is 10.3. The molecule has 0 radical (unpaired) electrons. The lowest BCUT2D eigenvalue weighted by Gasteiger charge is -2.19. The Kier molecular flexibility index (Phi) is 5.65. The van der Waals surface area contributed by atoms with Crippen LogP contribution in [0.3, 0.4) is 0 Å². The van der Waals surface area contributed by atoms with Gasteiger partial charge in [-0.3, -0.25) is 4.79 Å². The van der Waals surface area contributed by atoms with Crippen LogP contribution in [0.5, 0.6) is 5.75 Å². The second-order valence-electron chi connectivity index (χ2n) is 7.58. The predicted molar refractivity (Wildman–Crippen MR) is 119 cm³/mol. The summed E-state index contributed by atoms with van der Waals surface area (Å²) in [4.78, 5) is 21.9. The quantitative estimate of drug-likeness (QED) is 0.567. The number of ketones is 1. The molecule has 4 rings (SSSR count). The molecular weight excluding hydrogens is 376 g/mol. The van der Waals surface area contributed by atoms with Crippen LogP contribution in [0.4, 0.5) is 23.1 Å². The maximum atomic E-state index is 12.6. The minimum absolute atomic E-state index is 0.0933. The Labute approximate surface area is 176 Å². The molecule has 1 aromatic heterocycles. The molecule has 2 N–H and O–H groups in total. The lowest BCUT2D eigenvalue weighted by molar-refractivity contribution is 0.0972. The minimum Gasteiger partial charge on any atom is -0.494 e. The van der Waals surface area contributed by atoms with E-state index in [0.717, 1.165) is 46.8 Å². The third-order valence-corrected chi connectivity index (χ3v) is 4.99. The molecule has 0 saturated heterocycles. The number of nitrogens with one attached hydrogen (secondary N) is 2. The van der Waals surface area contributed by atoms with Gasteiger partial charge in [0.25, 0.3) is 0 Å². The van der Waals surface area contributed by atoms with Crippen LogP contribution in [0, 0.1) is 13.8 Å². The van der Waals surface area contributed by atoms with Gasteiger partial charge in [-0.05, 0) is 81.1 Å². The van der Waals surface area contributed by atoms with Crippen LogP contribution >= 0.6 is 0 Å². The molecule has 0 amide bonds. The number of fused-ring (bicyclic) bond motifs is 1. The van der Waals surface area contributed by atoms with E-state index in [1.165, 1.54) is 0 Å². The number of aromatic nitrogens is 2. The molecule has 0 saturated carbocycles. The van der Waals surface area contributed by atoms with Gasteiger partial charge in [0, 0.05) is 17.8 Å². The average Bonchev–Trinajstić information content (AvgIpc) is 2.69. The number of ether oxygens (including phenoxy) is 1. The first-order chi connectivity index (χ1) is 14.5. The summed E-state index contributed by atoms with van der Waals surface area (Å²) in [5.74, 6) is 1.94. The van der Waals surface area contributed by atoms with Gasteiger partial charge in [-0.25, -0.2) is 4.98 Å². The van der Waals surface area contributed by atoms with Crippen molar-refractivity contribution in [2.45, 2.75) is 40.0 Å². The third kappa shape index (κ3) is 4.43. The number of benzene rings is 2. The van der Waals surface area contributed by atoms with Crippen LogP contribution in [0.1, 0.15) is 46.9 Å². The number of hydrogen-bond donors (Lipinski definition) is 2. The third-order valence-electron chi connectivity index (χ3n) is 4.99. The maximum Gasteiger partial charge on any atom is 0.229 e. The van der Waals surface area contributed by atoms with Crippen LogP contribution in [0.15, 0.2) is 42.5 Å². The summed E-state index contributed by atoms with van der Waals surface area (Å²) < 4.78 is 5.50. The van der Waals surface area contributed by atoms with Gasteiger partial charge < -0.3 is 15.4 Å². The zero-order chi connectivity index (χ0) is 21.1. The van der Waals surface area contributed by atoms with Gasteiger partial charge in [0.15, 0.2) is 5.78 Å². The van der Waals surface area contributed by atoms with Gasteiger partial charge in [-0.1, -0.05) is 6.07 Å². The molecule has 0 fully saturated rings. The molecule has 1 heterocycles. The Hall–Kier alpha value is -3.41. The van der Waals surface area contributed by atoms with Gasteiger partial charge in [0.2, 0.25) is 5.95 Å². The molecule has 0 aliphatic heterocycles. The van der Waals surface area contributed by atoms with Crippen LogP contribution in [-0.2, 0) is 6.42 Å². The fourth-order valence-corrected chi connectivity index (χ4v) is 3.78.